The zero-order valence-electron chi connectivity index (χ0n) is 12.5. The van der Waals surface area contributed by atoms with Crippen molar-refractivity contribution in [3.63, 3.8) is 0 Å². The predicted molar refractivity (Wildman–Crippen MR) is 92.5 cm³/mol. The topological polar surface area (TPSA) is 15.3 Å². The molecule has 0 bridgehead atoms. The molecule has 1 aromatic heterocycles. The maximum Gasteiger partial charge on any atom is 0.0440 e. The molecule has 112 valence electrons. The lowest BCUT2D eigenvalue weighted by atomic mass is 10.1. The van der Waals surface area contributed by atoms with E-state index in [1.807, 2.05) is 17.4 Å². The molecule has 0 spiro atoms. The molecule has 4 heteroatoms. The van der Waals surface area contributed by atoms with E-state index in [-0.39, 0.29) is 0 Å². The quantitative estimate of drug-likeness (QED) is 0.894. The summed E-state index contributed by atoms with van der Waals surface area (Å²) < 4.78 is 0. The first-order valence-electron chi connectivity index (χ1n) is 7.45. The third kappa shape index (κ3) is 3.42. The maximum absolute atomic E-state index is 6.23. The van der Waals surface area contributed by atoms with Crippen LogP contribution < -0.4 is 10.2 Å². The van der Waals surface area contributed by atoms with E-state index >= 15 is 0 Å². The SMILES string of the molecule is CC(C)NCc1ccc(Cl)cc1N1CCc2sccc2C1. The molecule has 0 amide bonds. The van der Waals surface area contributed by atoms with E-state index in [2.05, 4.69) is 47.6 Å². The maximum atomic E-state index is 6.23. The van der Waals surface area contributed by atoms with Crippen LogP contribution in [0, 0.1) is 0 Å². The van der Waals surface area contributed by atoms with Crippen LogP contribution in [-0.2, 0) is 19.5 Å². The summed E-state index contributed by atoms with van der Waals surface area (Å²) in [5.41, 5.74) is 4.06. The molecule has 1 N–H and O–H groups in total. The number of thiophene rings is 1. The Morgan fingerprint density at radius 3 is 3.00 bits per heavy atom. The lowest BCUT2D eigenvalue weighted by Crippen LogP contribution is -2.31. The van der Waals surface area contributed by atoms with E-state index < -0.39 is 0 Å². The smallest absolute Gasteiger partial charge is 0.0440 e. The zero-order chi connectivity index (χ0) is 14.8. The Bertz CT molecular complexity index is 621. The average molecular weight is 321 g/mol. The summed E-state index contributed by atoms with van der Waals surface area (Å²) in [5, 5.41) is 6.52. The molecule has 3 rings (SSSR count). The van der Waals surface area contributed by atoms with Crippen molar-refractivity contribution in [3.05, 3.63) is 50.7 Å². The van der Waals surface area contributed by atoms with Crippen molar-refractivity contribution in [2.45, 2.75) is 39.4 Å². The molecule has 2 aromatic rings. The molecule has 2 heterocycles. The van der Waals surface area contributed by atoms with E-state index in [1.165, 1.54) is 21.7 Å². The van der Waals surface area contributed by atoms with E-state index in [0.717, 1.165) is 31.1 Å². The molecule has 0 saturated carbocycles. The van der Waals surface area contributed by atoms with Crippen molar-refractivity contribution in [2.75, 3.05) is 11.4 Å². The fraction of sp³-hybridized carbons (Fsp3) is 0.412. The van der Waals surface area contributed by atoms with Gasteiger partial charge in [0.25, 0.3) is 0 Å². The van der Waals surface area contributed by atoms with Gasteiger partial charge in [-0.3, -0.25) is 0 Å². The van der Waals surface area contributed by atoms with Gasteiger partial charge < -0.3 is 10.2 Å². The van der Waals surface area contributed by atoms with E-state index in [0.29, 0.717) is 6.04 Å². The Kier molecular flexibility index (Phi) is 4.53. The fourth-order valence-electron chi connectivity index (χ4n) is 2.75. The van der Waals surface area contributed by atoms with Crippen LogP contribution in [0.2, 0.25) is 5.02 Å². The van der Waals surface area contributed by atoms with Gasteiger partial charge in [-0.05, 0) is 41.1 Å². The molecule has 0 fully saturated rings. The average Bonchev–Trinajstić information content (AvgIpc) is 2.93. The Morgan fingerprint density at radius 2 is 2.19 bits per heavy atom. The largest absolute Gasteiger partial charge is 0.366 e. The Labute approximate surface area is 135 Å². The second-order valence-corrected chi connectivity index (χ2v) is 7.29. The first-order chi connectivity index (χ1) is 10.1. The molecular weight excluding hydrogens is 300 g/mol. The highest BCUT2D eigenvalue weighted by Crippen LogP contribution is 2.31. The van der Waals surface area contributed by atoms with Crippen LogP contribution in [0.4, 0.5) is 5.69 Å². The number of rotatable bonds is 4. The van der Waals surface area contributed by atoms with Crippen LogP contribution >= 0.6 is 22.9 Å². The summed E-state index contributed by atoms with van der Waals surface area (Å²) in [6, 6.07) is 8.98. The summed E-state index contributed by atoms with van der Waals surface area (Å²) in [5.74, 6) is 0. The minimum Gasteiger partial charge on any atom is -0.366 e. The minimum absolute atomic E-state index is 0.485. The molecule has 0 saturated heterocycles. The number of nitrogens with one attached hydrogen (secondary N) is 1. The van der Waals surface area contributed by atoms with Gasteiger partial charge in [0.05, 0.1) is 0 Å². The number of fused-ring (bicyclic) bond motifs is 1. The van der Waals surface area contributed by atoms with Gasteiger partial charge in [-0.1, -0.05) is 31.5 Å². The summed E-state index contributed by atoms with van der Waals surface area (Å²) in [4.78, 5) is 3.99. The molecule has 1 aliphatic heterocycles. The normalized spacial score (nSPS) is 14.6. The number of halogens is 1. The number of benzene rings is 1. The molecule has 0 unspecified atom stereocenters. The van der Waals surface area contributed by atoms with Gasteiger partial charge in [0, 0.05) is 41.3 Å². The van der Waals surface area contributed by atoms with Crippen molar-refractivity contribution in [1.29, 1.82) is 0 Å². The second kappa shape index (κ2) is 6.39. The van der Waals surface area contributed by atoms with E-state index in [1.54, 1.807) is 0 Å². The highest BCUT2D eigenvalue weighted by atomic mass is 35.5. The van der Waals surface area contributed by atoms with Gasteiger partial charge in [-0.25, -0.2) is 0 Å². The van der Waals surface area contributed by atoms with Gasteiger partial charge in [0.15, 0.2) is 0 Å². The molecule has 21 heavy (non-hydrogen) atoms. The number of anilines is 1. The van der Waals surface area contributed by atoms with Crippen molar-refractivity contribution >= 4 is 28.6 Å². The van der Waals surface area contributed by atoms with Crippen LogP contribution in [-0.4, -0.2) is 12.6 Å². The van der Waals surface area contributed by atoms with Crippen molar-refractivity contribution in [3.8, 4) is 0 Å². The third-order valence-electron chi connectivity index (χ3n) is 3.90. The number of hydrogen-bond donors (Lipinski definition) is 1. The number of nitrogens with zero attached hydrogens (tertiary/aromatic N) is 1. The first-order valence-corrected chi connectivity index (χ1v) is 8.71. The fourth-order valence-corrected chi connectivity index (χ4v) is 3.81. The van der Waals surface area contributed by atoms with Crippen molar-refractivity contribution in [2.24, 2.45) is 0 Å². The first kappa shape index (κ1) is 14.9. The Balaban J connectivity index is 1.85. The highest BCUT2D eigenvalue weighted by molar-refractivity contribution is 7.10. The van der Waals surface area contributed by atoms with Crippen LogP contribution in [0.3, 0.4) is 0 Å². The van der Waals surface area contributed by atoms with Crippen LogP contribution in [0.5, 0.6) is 0 Å². The molecule has 1 aromatic carbocycles. The van der Waals surface area contributed by atoms with E-state index in [9.17, 15) is 0 Å². The third-order valence-corrected chi connectivity index (χ3v) is 5.15. The summed E-state index contributed by atoms with van der Waals surface area (Å²) in [7, 11) is 0. The van der Waals surface area contributed by atoms with Gasteiger partial charge in [-0.2, -0.15) is 0 Å². The Hall–Kier alpha value is -1.03. The molecular formula is C17H21ClN2S. The van der Waals surface area contributed by atoms with Crippen LogP contribution in [0.1, 0.15) is 29.9 Å². The predicted octanol–water partition coefficient (Wildman–Crippen LogP) is 4.46. The summed E-state index contributed by atoms with van der Waals surface area (Å²) in [6.45, 7) is 7.30. The lowest BCUT2D eigenvalue weighted by Gasteiger charge is -2.31. The summed E-state index contributed by atoms with van der Waals surface area (Å²) in [6.07, 6.45) is 1.14. The van der Waals surface area contributed by atoms with E-state index in [4.69, 9.17) is 11.6 Å². The number of hydrogen-bond acceptors (Lipinski definition) is 3. The molecule has 1 aliphatic rings. The minimum atomic E-state index is 0.485. The molecule has 0 atom stereocenters. The van der Waals surface area contributed by atoms with Crippen molar-refractivity contribution < 1.29 is 0 Å². The summed E-state index contributed by atoms with van der Waals surface area (Å²) >= 11 is 8.11. The van der Waals surface area contributed by atoms with Crippen molar-refractivity contribution in [1.82, 2.24) is 5.32 Å². The van der Waals surface area contributed by atoms with Crippen LogP contribution in [0.15, 0.2) is 29.6 Å². The monoisotopic (exact) mass is 320 g/mol. The van der Waals surface area contributed by atoms with Gasteiger partial charge in [-0.15, -0.1) is 11.3 Å². The highest BCUT2D eigenvalue weighted by Gasteiger charge is 2.19. The standard InChI is InChI=1S/C17H21ClN2S/c1-12(2)19-10-13-3-4-15(18)9-16(13)20-7-5-17-14(11-20)6-8-21-17/h3-4,6,8-9,12,19H,5,7,10-11H2,1-2H3. The zero-order valence-corrected chi connectivity index (χ0v) is 14.1. The lowest BCUT2D eigenvalue weighted by molar-refractivity contribution is 0.587. The van der Waals surface area contributed by atoms with Gasteiger partial charge in [0.1, 0.15) is 0 Å². The molecule has 0 radical (unpaired) electrons. The molecule has 2 nitrogen and oxygen atoms in total. The van der Waals surface area contributed by atoms with Gasteiger partial charge in [0.2, 0.25) is 0 Å². The van der Waals surface area contributed by atoms with Gasteiger partial charge >= 0.3 is 0 Å². The van der Waals surface area contributed by atoms with Crippen LogP contribution in [0.25, 0.3) is 0 Å². The second-order valence-electron chi connectivity index (χ2n) is 5.85. The Morgan fingerprint density at radius 1 is 1.33 bits per heavy atom. The molecule has 0 aliphatic carbocycles.